The van der Waals surface area contributed by atoms with Gasteiger partial charge >= 0.3 is 23.9 Å². The van der Waals surface area contributed by atoms with E-state index in [1.54, 1.807) is 0 Å². The van der Waals surface area contributed by atoms with Crippen molar-refractivity contribution in [3.63, 3.8) is 0 Å². The van der Waals surface area contributed by atoms with Gasteiger partial charge in [0.15, 0.2) is 0 Å². The van der Waals surface area contributed by atoms with E-state index in [4.69, 9.17) is 14.4 Å². The topological polar surface area (TPSA) is 63.2 Å². The van der Waals surface area contributed by atoms with Crippen molar-refractivity contribution in [1.82, 2.24) is 0 Å². The Labute approximate surface area is 46.9 Å². The van der Waals surface area contributed by atoms with Crippen molar-refractivity contribution in [2.24, 2.45) is 0 Å². The number of hydrogen-bond donors (Lipinski definition) is 0. The Hall–Kier alpha value is 0.949. The fraction of sp³-hybridized carbons (Fsp3) is 0. The second-order valence-corrected chi connectivity index (χ2v) is 0.750. The molecule has 0 N–H and O–H groups in total. The van der Waals surface area contributed by atoms with Crippen LogP contribution in [0.2, 0.25) is 0 Å². The van der Waals surface area contributed by atoms with Gasteiger partial charge in [-0.25, -0.2) is 0 Å². The Bertz CT molecular complexity index is 29.9. The summed E-state index contributed by atoms with van der Waals surface area (Å²) in [6.45, 7) is 0. The van der Waals surface area contributed by atoms with Crippen molar-refractivity contribution in [2.75, 3.05) is 0 Å². The minimum atomic E-state index is -3.63. The Balaban J connectivity index is 0. The van der Waals surface area contributed by atoms with Crippen LogP contribution < -0.4 is 9.79 Å². The molecular weight excluding hydrogens is 198 g/mol. The maximum atomic E-state index is 8.52. The van der Waals surface area contributed by atoms with Gasteiger partial charge in [0.25, 0.3) is 0 Å². The molecule has 0 bridgehead atoms. The van der Waals surface area contributed by atoms with E-state index in [-0.39, 0.29) is 23.9 Å². The van der Waals surface area contributed by atoms with E-state index in [0.717, 1.165) is 0 Å². The molecule has 0 aromatic heterocycles. The van der Waals surface area contributed by atoms with E-state index in [9.17, 15) is 0 Å². The van der Waals surface area contributed by atoms with Crippen LogP contribution in [0.25, 0.3) is 0 Å². The van der Waals surface area contributed by atoms with Crippen molar-refractivity contribution >= 4 is 32.2 Å². The molecule has 5 heavy (non-hydrogen) atoms. The minimum absolute atomic E-state index is 0. The van der Waals surface area contributed by atoms with E-state index in [2.05, 4.69) is 0 Å². The molecule has 3 nitrogen and oxygen atoms in total. The van der Waals surface area contributed by atoms with Gasteiger partial charge in [-0.15, -0.1) is 0 Å². The van der Waals surface area contributed by atoms with Crippen molar-refractivity contribution in [1.29, 1.82) is 0 Å². The molecule has 0 fully saturated rings. The van der Waals surface area contributed by atoms with Gasteiger partial charge in [0.2, 0.25) is 0 Å². The van der Waals surface area contributed by atoms with Crippen LogP contribution in [0, 0.1) is 0 Å². The van der Waals surface area contributed by atoms with Gasteiger partial charge in [-0.3, -0.25) is 0 Å². The summed E-state index contributed by atoms with van der Waals surface area (Å²) in [6.07, 6.45) is 0. The van der Waals surface area contributed by atoms with E-state index in [1.165, 1.54) is 0 Å². The molecule has 0 rings (SSSR count). The van der Waals surface area contributed by atoms with Gasteiger partial charge in [-0.05, 0) is 0 Å². The summed E-state index contributed by atoms with van der Waals surface area (Å²) in [5, 5.41) is 0. The maximum absolute atomic E-state index is 8.52. The fourth-order valence-corrected chi connectivity index (χ4v) is 0. The van der Waals surface area contributed by atoms with Crippen molar-refractivity contribution in [3.05, 3.63) is 0 Å². The van der Waals surface area contributed by atoms with Crippen LogP contribution in [-0.4, -0.2) is 23.9 Å². The molecule has 0 aliphatic heterocycles. The van der Waals surface area contributed by atoms with E-state index < -0.39 is 8.25 Å². The Kier molecular flexibility index (Phi) is 9.25. The third-order valence-electron chi connectivity index (χ3n) is 0. The first-order valence-electron chi connectivity index (χ1n) is 0.612. The van der Waals surface area contributed by atoms with Crippen LogP contribution in [-0.2, 0) is 4.57 Å². The van der Waals surface area contributed by atoms with Crippen molar-refractivity contribution in [2.45, 2.75) is 0 Å². The minimum Gasteiger partial charge on any atom is -0.813 e. The van der Waals surface area contributed by atoms with Crippen molar-refractivity contribution < 1.29 is 14.4 Å². The Morgan fingerprint density at radius 1 is 1.40 bits per heavy atom. The van der Waals surface area contributed by atoms with Gasteiger partial charge in [0.05, 0.1) is 0 Å². The smallest absolute Gasteiger partial charge is 0.813 e. The second kappa shape index (κ2) is 4.95. The number of rotatable bonds is 0. The Morgan fingerprint density at radius 3 is 1.40 bits per heavy atom. The molecule has 0 aromatic carbocycles. The molecule has 0 heterocycles. The normalized spacial score (nSPS) is 7.00. The second-order valence-electron chi connectivity index (χ2n) is 0.250. The average molecular weight is 199 g/mol. The third kappa shape index (κ3) is 47.8. The summed E-state index contributed by atoms with van der Waals surface area (Å²) in [7, 11) is -3.63. The zero-order valence-electron chi connectivity index (χ0n) is 2.22. The molecule has 0 saturated heterocycles. The van der Waals surface area contributed by atoms with Crippen LogP contribution in [0.15, 0.2) is 0 Å². The monoisotopic (exact) mass is 200 g/mol. The maximum Gasteiger partial charge on any atom is 2.00 e. The summed E-state index contributed by atoms with van der Waals surface area (Å²) in [6, 6.07) is 0. The first-order chi connectivity index (χ1) is 1.73. The van der Waals surface area contributed by atoms with Gasteiger partial charge in [-0.1, -0.05) is 8.25 Å². The van der Waals surface area contributed by atoms with Crippen molar-refractivity contribution in [3.8, 4) is 0 Å². The molecule has 0 atom stereocenters. The molecule has 28 valence electrons. The predicted molar refractivity (Wildman–Crippen MR) is 14.8 cm³/mol. The standard InChI is InChI=1S/H3O3P.Sn/c1-4(2)3;/h4H,(H2,1,2,3);/q;+2/p-2. The van der Waals surface area contributed by atoms with E-state index >= 15 is 0 Å². The van der Waals surface area contributed by atoms with E-state index in [0.29, 0.717) is 0 Å². The van der Waals surface area contributed by atoms with Gasteiger partial charge in [0, 0.05) is 0 Å². The summed E-state index contributed by atoms with van der Waals surface area (Å²) < 4.78 is 8.52. The van der Waals surface area contributed by atoms with Gasteiger partial charge < -0.3 is 14.4 Å². The summed E-state index contributed by atoms with van der Waals surface area (Å²) in [5.74, 6) is 0. The van der Waals surface area contributed by atoms with Crippen LogP contribution in [0.5, 0.6) is 0 Å². The fourth-order valence-electron chi connectivity index (χ4n) is 0. The molecule has 0 spiro atoms. The van der Waals surface area contributed by atoms with Crippen LogP contribution in [0.1, 0.15) is 0 Å². The average Bonchev–Trinajstić information content (AvgIpc) is 0.811. The molecule has 0 aliphatic rings. The molecule has 5 heteroatoms. The van der Waals surface area contributed by atoms with E-state index in [1.807, 2.05) is 0 Å². The van der Waals surface area contributed by atoms with Gasteiger partial charge in [0.1, 0.15) is 0 Å². The first kappa shape index (κ1) is 9.34. The van der Waals surface area contributed by atoms with Crippen LogP contribution in [0.3, 0.4) is 0 Å². The Morgan fingerprint density at radius 2 is 1.40 bits per heavy atom. The zero-order valence-corrected chi connectivity index (χ0v) is 6.08. The summed E-state index contributed by atoms with van der Waals surface area (Å²) >= 11 is 0. The summed E-state index contributed by atoms with van der Waals surface area (Å²) in [4.78, 5) is 17.0. The molecular formula is HO3PSn. The predicted octanol–water partition coefficient (Wildman–Crippen LogP) is -2.28. The van der Waals surface area contributed by atoms with Gasteiger partial charge in [-0.2, -0.15) is 0 Å². The molecule has 0 aliphatic carbocycles. The third-order valence-corrected chi connectivity index (χ3v) is 0. The SMILES string of the molecule is O=[PH]([O-])[O-].[Sn+2]. The zero-order chi connectivity index (χ0) is 3.58. The first-order valence-corrected chi connectivity index (χ1v) is 1.84. The van der Waals surface area contributed by atoms with Crippen LogP contribution in [0.4, 0.5) is 0 Å². The van der Waals surface area contributed by atoms with Crippen LogP contribution >= 0.6 is 8.25 Å². The largest absolute Gasteiger partial charge is 2.00 e. The molecule has 0 saturated carbocycles. The molecule has 0 amide bonds. The summed E-state index contributed by atoms with van der Waals surface area (Å²) in [5.41, 5.74) is 0. The number of hydrogen-bond acceptors (Lipinski definition) is 3. The molecule has 0 unspecified atom stereocenters. The molecule has 0 aromatic rings. The quantitative estimate of drug-likeness (QED) is 0.325. The molecule has 2 radical (unpaired) electrons.